The Kier molecular flexibility index (Phi) is 5.08. The number of amides is 1. The first-order valence-electron chi connectivity index (χ1n) is 11.2. The molecule has 0 atom stereocenters. The monoisotopic (exact) mass is 433 g/mol. The van der Waals surface area contributed by atoms with Crippen LogP contribution >= 0.6 is 0 Å². The Labute approximate surface area is 187 Å². The molecule has 2 aromatic heterocycles. The van der Waals surface area contributed by atoms with Crippen LogP contribution in [0.15, 0.2) is 30.5 Å². The van der Waals surface area contributed by atoms with E-state index in [0.29, 0.717) is 17.5 Å². The van der Waals surface area contributed by atoms with E-state index < -0.39 is 0 Å². The lowest BCUT2D eigenvalue weighted by molar-refractivity contribution is 0.0663. The van der Waals surface area contributed by atoms with E-state index in [1.807, 2.05) is 24.0 Å². The third-order valence-electron chi connectivity index (χ3n) is 6.55. The van der Waals surface area contributed by atoms with Crippen molar-refractivity contribution in [2.75, 3.05) is 33.2 Å². The van der Waals surface area contributed by atoms with Gasteiger partial charge in [-0.25, -0.2) is 9.37 Å². The summed E-state index contributed by atoms with van der Waals surface area (Å²) >= 11 is 0. The number of aryl methyl sites for hydroxylation is 1. The highest BCUT2D eigenvalue weighted by Crippen LogP contribution is 2.35. The maximum absolute atomic E-state index is 15.0. The smallest absolute Gasteiger partial charge is 0.255 e. The fourth-order valence-electron chi connectivity index (χ4n) is 4.86. The van der Waals surface area contributed by atoms with Crippen molar-refractivity contribution in [3.63, 3.8) is 0 Å². The molecule has 32 heavy (non-hydrogen) atoms. The number of rotatable bonds is 3. The first kappa shape index (κ1) is 20.8. The lowest BCUT2D eigenvalue weighted by atomic mass is 9.99. The van der Waals surface area contributed by atoms with Crippen molar-refractivity contribution < 1.29 is 9.18 Å². The summed E-state index contributed by atoms with van der Waals surface area (Å²) in [6.07, 6.45) is 4.43. The molecule has 5 rings (SSSR count). The average molecular weight is 434 g/mol. The fraction of sp³-hybridized carbons (Fsp3) is 0.400. The topological polar surface area (TPSA) is 54.3 Å². The van der Waals surface area contributed by atoms with Crippen LogP contribution in [0.5, 0.6) is 0 Å². The number of aromatic nitrogens is 3. The molecule has 0 bridgehead atoms. The number of carbonyl (C=O) groups excluding carboxylic acids is 1. The van der Waals surface area contributed by atoms with E-state index >= 15 is 4.39 Å². The van der Waals surface area contributed by atoms with E-state index in [9.17, 15) is 4.79 Å². The van der Waals surface area contributed by atoms with Gasteiger partial charge in [-0.3, -0.25) is 9.78 Å². The maximum atomic E-state index is 15.0. The molecule has 0 saturated carbocycles. The Morgan fingerprint density at radius 2 is 1.88 bits per heavy atom. The van der Waals surface area contributed by atoms with Crippen molar-refractivity contribution in [3.8, 4) is 0 Å². The number of benzene rings is 1. The second kappa shape index (κ2) is 7.81. The van der Waals surface area contributed by atoms with E-state index in [1.165, 1.54) is 0 Å². The highest BCUT2D eigenvalue weighted by atomic mass is 19.1. The number of pyridine rings is 1. The third-order valence-corrected chi connectivity index (χ3v) is 6.55. The number of hydrogen-bond donors (Lipinski definition) is 0. The van der Waals surface area contributed by atoms with Crippen molar-refractivity contribution in [3.05, 3.63) is 64.5 Å². The SMILES string of the molecule is Cc1nc2c(F)cc(C3=CCc4ncc(C(=O)N5CCN(C)CC5)cc43)cc2n1C(C)C. The predicted molar refractivity (Wildman–Crippen MR) is 123 cm³/mol. The number of likely N-dealkylation sites (N-methyl/N-ethyl adjacent to an activating group) is 1. The molecule has 1 amide bonds. The summed E-state index contributed by atoms with van der Waals surface area (Å²) in [6.45, 7) is 9.23. The van der Waals surface area contributed by atoms with Gasteiger partial charge in [0.15, 0.2) is 5.82 Å². The van der Waals surface area contributed by atoms with Gasteiger partial charge in [0.05, 0.1) is 16.8 Å². The molecule has 3 aromatic rings. The minimum Gasteiger partial charge on any atom is -0.336 e. The molecular weight excluding hydrogens is 405 g/mol. The molecule has 1 fully saturated rings. The van der Waals surface area contributed by atoms with Gasteiger partial charge in [-0.05, 0) is 57.2 Å². The van der Waals surface area contributed by atoms with E-state index in [1.54, 1.807) is 12.3 Å². The number of imidazole rings is 1. The second-order valence-corrected chi connectivity index (χ2v) is 9.08. The molecule has 0 radical (unpaired) electrons. The molecule has 7 heteroatoms. The zero-order valence-corrected chi connectivity index (χ0v) is 19.0. The quantitative estimate of drug-likeness (QED) is 0.630. The Balaban J connectivity index is 1.53. The van der Waals surface area contributed by atoms with Crippen LogP contribution in [-0.4, -0.2) is 63.5 Å². The van der Waals surface area contributed by atoms with Gasteiger partial charge in [0.25, 0.3) is 5.91 Å². The van der Waals surface area contributed by atoms with Crippen LogP contribution in [-0.2, 0) is 6.42 Å². The normalized spacial score (nSPS) is 16.7. The Morgan fingerprint density at radius 1 is 1.12 bits per heavy atom. The predicted octanol–water partition coefficient (Wildman–Crippen LogP) is 3.84. The van der Waals surface area contributed by atoms with Crippen LogP contribution in [0.25, 0.3) is 16.6 Å². The van der Waals surface area contributed by atoms with Crippen LogP contribution in [0.3, 0.4) is 0 Å². The largest absolute Gasteiger partial charge is 0.336 e. The van der Waals surface area contributed by atoms with Gasteiger partial charge in [-0.1, -0.05) is 6.08 Å². The summed E-state index contributed by atoms with van der Waals surface area (Å²) in [5.41, 5.74) is 5.33. The Bertz CT molecular complexity index is 1250. The molecule has 1 aliphatic heterocycles. The van der Waals surface area contributed by atoms with Crippen molar-refractivity contribution in [2.45, 2.75) is 33.2 Å². The van der Waals surface area contributed by atoms with Crippen LogP contribution in [0.1, 0.15) is 52.9 Å². The van der Waals surface area contributed by atoms with Gasteiger partial charge in [0, 0.05) is 50.4 Å². The molecule has 0 N–H and O–H groups in total. The molecule has 0 unspecified atom stereocenters. The van der Waals surface area contributed by atoms with Crippen LogP contribution < -0.4 is 0 Å². The summed E-state index contributed by atoms with van der Waals surface area (Å²) in [5, 5.41) is 0. The summed E-state index contributed by atoms with van der Waals surface area (Å²) < 4.78 is 17.1. The van der Waals surface area contributed by atoms with E-state index in [0.717, 1.165) is 59.9 Å². The summed E-state index contributed by atoms with van der Waals surface area (Å²) in [4.78, 5) is 26.2. The van der Waals surface area contributed by atoms with Crippen molar-refractivity contribution >= 4 is 22.5 Å². The van der Waals surface area contributed by atoms with E-state index in [4.69, 9.17) is 0 Å². The minimum atomic E-state index is -0.327. The number of allylic oxidation sites excluding steroid dienone is 1. The zero-order chi connectivity index (χ0) is 22.6. The standard InChI is InChI=1S/C25H28FN5O/c1-15(2)31-16(3)28-24-21(26)12-17(13-23(24)31)19-5-6-22-20(19)11-18(14-27-22)25(32)30-9-7-29(4)8-10-30/h5,11-15H,6-10H2,1-4H3. The van der Waals surface area contributed by atoms with Gasteiger partial charge in [0.2, 0.25) is 0 Å². The first-order valence-corrected chi connectivity index (χ1v) is 11.2. The summed E-state index contributed by atoms with van der Waals surface area (Å²) in [5.74, 6) is 0.482. The highest BCUT2D eigenvalue weighted by Gasteiger charge is 2.25. The van der Waals surface area contributed by atoms with Crippen molar-refractivity contribution in [2.24, 2.45) is 0 Å². The molecule has 1 saturated heterocycles. The van der Waals surface area contributed by atoms with Gasteiger partial charge in [0.1, 0.15) is 11.3 Å². The lowest BCUT2D eigenvalue weighted by Gasteiger charge is -2.32. The van der Waals surface area contributed by atoms with Crippen LogP contribution in [0.2, 0.25) is 0 Å². The first-order chi connectivity index (χ1) is 15.3. The van der Waals surface area contributed by atoms with Gasteiger partial charge in [-0.15, -0.1) is 0 Å². The molecule has 2 aliphatic rings. The van der Waals surface area contributed by atoms with E-state index in [2.05, 4.69) is 46.4 Å². The van der Waals surface area contributed by atoms with Gasteiger partial charge in [-0.2, -0.15) is 0 Å². The number of fused-ring (bicyclic) bond motifs is 2. The number of hydrogen-bond acceptors (Lipinski definition) is 4. The van der Waals surface area contributed by atoms with Crippen LogP contribution in [0.4, 0.5) is 4.39 Å². The Morgan fingerprint density at radius 3 is 2.59 bits per heavy atom. The third kappa shape index (κ3) is 3.41. The molecule has 1 aromatic carbocycles. The highest BCUT2D eigenvalue weighted by molar-refractivity contribution is 5.97. The fourth-order valence-corrected chi connectivity index (χ4v) is 4.86. The van der Waals surface area contributed by atoms with Gasteiger partial charge >= 0.3 is 0 Å². The minimum absolute atomic E-state index is 0.00907. The number of carbonyl (C=O) groups is 1. The van der Waals surface area contributed by atoms with E-state index in [-0.39, 0.29) is 17.8 Å². The zero-order valence-electron chi connectivity index (χ0n) is 19.0. The molecular formula is C25H28FN5O. The summed E-state index contributed by atoms with van der Waals surface area (Å²) in [6, 6.07) is 5.66. The molecule has 0 spiro atoms. The summed E-state index contributed by atoms with van der Waals surface area (Å²) in [7, 11) is 2.07. The lowest BCUT2D eigenvalue weighted by Crippen LogP contribution is -2.47. The number of halogens is 1. The number of piperazine rings is 1. The Hall–Kier alpha value is -3.06. The number of nitrogens with zero attached hydrogens (tertiary/aromatic N) is 5. The van der Waals surface area contributed by atoms with Gasteiger partial charge < -0.3 is 14.4 Å². The van der Waals surface area contributed by atoms with Crippen molar-refractivity contribution in [1.82, 2.24) is 24.3 Å². The van der Waals surface area contributed by atoms with Crippen LogP contribution in [0, 0.1) is 12.7 Å². The average Bonchev–Trinajstić information content (AvgIpc) is 3.34. The second-order valence-electron chi connectivity index (χ2n) is 9.08. The molecule has 166 valence electrons. The molecule has 1 aliphatic carbocycles. The maximum Gasteiger partial charge on any atom is 0.255 e. The van der Waals surface area contributed by atoms with Crippen molar-refractivity contribution in [1.29, 1.82) is 0 Å². The molecule has 3 heterocycles. The molecule has 6 nitrogen and oxygen atoms in total.